The summed E-state index contributed by atoms with van der Waals surface area (Å²) in [6.45, 7) is 8.73. The molecule has 46 heavy (non-hydrogen) atoms. The van der Waals surface area contributed by atoms with E-state index in [9.17, 15) is 0 Å². The number of rotatable bonds is 2. The van der Waals surface area contributed by atoms with Crippen molar-refractivity contribution in [2.75, 3.05) is 0 Å². The SMILES string of the molecule is Cc1ccc(-c2c(-c3ccc(C)cc3)c3c(c4c2[C@@H](C)Oc2ccc5ccccc5c2-4)-c2c(ccc4ccccc24)O[C@@H]3C)cc1. The van der Waals surface area contributed by atoms with Gasteiger partial charge in [0.15, 0.2) is 0 Å². The Morgan fingerprint density at radius 1 is 0.391 bits per heavy atom. The molecule has 2 aliphatic heterocycles. The molecule has 2 heterocycles. The molecule has 0 aliphatic carbocycles. The van der Waals surface area contributed by atoms with Gasteiger partial charge in [0, 0.05) is 33.4 Å². The van der Waals surface area contributed by atoms with E-state index < -0.39 is 0 Å². The highest BCUT2D eigenvalue weighted by molar-refractivity contribution is 6.14. The van der Waals surface area contributed by atoms with Crippen LogP contribution >= 0.6 is 0 Å². The molecule has 7 aromatic carbocycles. The van der Waals surface area contributed by atoms with Gasteiger partial charge in [0.05, 0.1) is 0 Å². The van der Waals surface area contributed by atoms with Crippen LogP contribution in [0.1, 0.15) is 48.3 Å². The van der Waals surface area contributed by atoms with Gasteiger partial charge in [-0.25, -0.2) is 0 Å². The fourth-order valence-electron chi connectivity index (χ4n) is 7.88. The van der Waals surface area contributed by atoms with E-state index in [4.69, 9.17) is 9.47 Å². The minimum absolute atomic E-state index is 0.175. The number of hydrogen-bond donors (Lipinski definition) is 0. The highest BCUT2D eigenvalue weighted by atomic mass is 16.5. The monoisotopic (exact) mass is 594 g/mol. The van der Waals surface area contributed by atoms with Crippen molar-refractivity contribution in [3.05, 3.63) is 144 Å². The summed E-state index contributed by atoms with van der Waals surface area (Å²) < 4.78 is 13.8. The van der Waals surface area contributed by atoms with Crippen molar-refractivity contribution in [1.82, 2.24) is 0 Å². The van der Waals surface area contributed by atoms with Crippen molar-refractivity contribution in [3.8, 4) is 56.0 Å². The molecule has 0 radical (unpaired) electrons. The van der Waals surface area contributed by atoms with E-state index in [1.807, 2.05) is 0 Å². The first kappa shape index (κ1) is 27.0. The molecule has 0 fully saturated rings. The Morgan fingerprint density at radius 2 is 0.783 bits per heavy atom. The third-order valence-electron chi connectivity index (χ3n) is 9.96. The summed E-state index contributed by atoms with van der Waals surface area (Å²) in [4.78, 5) is 0. The second-order valence-corrected chi connectivity index (χ2v) is 12.9. The first-order valence-corrected chi connectivity index (χ1v) is 16.2. The third kappa shape index (κ3) is 3.89. The zero-order valence-corrected chi connectivity index (χ0v) is 26.5. The Balaban J connectivity index is 1.57. The third-order valence-corrected chi connectivity index (χ3v) is 9.96. The average Bonchev–Trinajstić information content (AvgIpc) is 3.08. The molecular formula is C44H34O2. The molecular weight excluding hydrogens is 560 g/mol. The maximum atomic E-state index is 6.92. The number of hydrogen-bond acceptors (Lipinski definition) is 2. The highest BCUT2D eigenvalue weighted by Gasteiger charge is 2.39. The standard InChI is InChI=1S/C44H34O2/c1-25-13-17-31(18-14-25)39-37-27(3)45-35-23-21-29-9-5-7-11-33(29)41(35)43(37)44-38(40(39)32-19-15-26(2)16-20-32)28(4)46-36-24-22-30-10-6-8-12-34(30)42(36)44/h5-24,27-28H,1-4H3/t27-,28-/m1/s1. The second-order valence-electron chi connectivity index (χ2n) is 12.9. The van der Waals surface area contributed by atoms with Gasteiger partial charge in [-0.2, -0.15) is 0 Å². The van der Waals surface area contributed by atoms with Crippen LogP contribution in [0.4, 0.5) is 0 Å². The predicted molar refractivity (Wildman–Crippen MR) is 191 cm³/mol. The smallest absolute Gasteiger partial charge is 0.128 e. The lowest BCUT2D eigenvalue weighted by molar-refractivity contribution is 0.219. The van der Waals surface area contributed by atoms with Crippen LogP contribution in [0.15, 0.2) is 121 Å². The van der Waals surface area contributed by atoms with E-state index >= 15 is 0 Å². The number of benzene rings is 7. The Hall–Kier alpha value is -5.34. The Kier molecular flexibility index (Phi) is 5.92. The first-order chi connectivity index (χ1) is 22.5. The maximum absolute atomic E-state index is 6.92. The summed E-state index contributed by atoms with van der Waals surface area (Å²) in [6, 6.07) is 44.1. The van der Waals surface area contributed by atoms with Crippen molar-refractivity contribution in [3.63, 3.8) is 0 Å². The normalized spacial score (nSPS) is 16.2. The molecule has 0 saturated heterocycles. The average molecular weight is 595 g/mol. The molecule has 2 nitrogen and oxygen atoms in total. The maximum Gasteiger partial charge on any atom is 0.128 e. The van der Waals surface area contributed by atoms with Gasteiger partial charge < -0.3 is 9.47 Å². The van der Waals surface area contributed by atoms with Crippen molar-refractivity contribution in [2.45, 2.75) is 39.9 Å². The van der Waals surface area contributed by atoms with Crippen LogP contribution in [0.3, 0.4) is 0 Å². The Bertz CT molecular complexity index is 2180. The van der Waals surface area contributed by atoms with Gasteiger partial charge in [0.2, 0.25) is 0 Å². The zero-order chi connectivity index (χ0) is 31.1. The molecule has 0 unspecified atom stereocenters. The van der Waals surface area contributed by atoms with Gasteiger partial charge in [-0.05, 0) is 83.6 Å². The first-order valence-electron chi connectivity index (χ1n) is 16.2. The number of ether oxygens (including phenoxy) is 2. The molecule has 0 N–H and O–H groups in total. The van der Waals surface area contributed by atoms with E-state index in [1.165, 1.54) is 88.3 Å². The van der Waals surface area contributed by atoms with E-state index in [0.717, 1.165) is 11.5 Å². The lowest BCUT2D eigenvalue weighted by Crippen LogP contribution is -2.20. The summed E-state index contributed by atoms with van der Waals surface area (Å²) in [7, 11) is 0. The van der Waals surface area contributed by atoms with Gasteiger partial charge in [-0.1, -0.05) is 120 Å². The van der Waals surface area contributed by atoms with Crippen LogP contribution in [0.5, 0.6) is 11.5 Å². The zero-order valence-electron chi connectivity index (χ0n) is 26.5. The summed E-state index contributed by atoms with van der Waals surface area (Å²) in [5.74, 6) is 1.86. The molecule has 0 saturated carbocycles. The Labute approximate surface area is 269 Å². The fraction of sp³-hybridized carbons (Fsp3) is 0.136. The van der Waals surface area contributed by atoms with Crippen molar-refractivity contribution >= 4 is 21.5 Å². The molecule has 0 aromatic heterocycles. The van der Waals surface area contributed by atoms with Crippen LogP contribution < -0.4 is 9.47 Å². The van der Waals surface area contributed by atoms with Crippen LogP contribution in [0, 0.1) is 13.8 Å². The second kappa shape index (κ2) is 10.1. The van der Waals surface area contributed by atoms with Crippen LogP contribution in [0.25, 0.3) is 66.1 Å². The fourth-order valence-corrected chi connectivity index (χ4v) is 7.88. The summed E-state index contributed by atoms with van der Waals surface area (Å²) in [5, 5.41) is 4.82. The van der Waals surface area contributed by atoms with Gasteiger partial charge >= 0.3 is 0 Å². The van der Waals surface area contributed by atoms with Crippen LogP contribution in [0.2, 0.25) is 0 Å². The van der Waals surface area contributed by atoms with Gasteiger partial charge in [0.25, 0.3) is 0 Å². The van der Waals surface area contributed by atoms with Gasteiger partial charge in [0.1, 0.15) is 23.7 Å². The quantitative estimate of drug-likeness (QED) is 0.198. The van der Waals surface area contributed by atoms with Crippen molar-refractivity contribution < 1.29 is 9.47 Å². The lowest BCUT2D eigenvalue weighted by Gasteiger charge is -2.38. The van der Waals surface area contributed by atoms with E-state index in [0.29, 0.717) is 0 Å². The molecule has 0 amide bonds. The van der Waals surface area contributed by atoms with Crippen LogP contribution in [-0.4, -0.2) is 0 Å². The van der Waals surface area contributed by atoms with Crippen molar-refractivity contribution in [1.29, 1.82) is 0 Å². The van der Waals surface area contributed by atoms with Gasteiger partial charge in [-0.15, -0.1) is 0 Å². The topological polar surface area (TPSA) is 18.5 Å². The van der Waals surface area contributed by atoms with E-state index in [2.05, 4.69) is 149 Å². The van der Waals surface area contributed by atoms with Crippen LogP contribution in [-0.2, 0) is 0 Å². The van der Waals surface area contributed by atoms with E-state index in [1.54, 1.807) is 0 Å². The molecule has 2 aliphatic rings. The molecule has 222 valence electrons. The largest absolute Gasteiger partial charge is 0.485 e. The summed E-state index contributed by atoms with van der Waals surface area (Å²) in [6.07, 6.45) is -0.350. The summed E-state index contributed by atoms with van der Waals surface area (Å²) >= 11 is 0. The molecule has 9 rings (SSSR count). The van der Waals surface area contributed by atoms with Gasteiger partial charge in [-0.3, -0.25) is 0 Å². The molecule has 2 heteroatoms. The van der Waals surface area contributed by atoms with E-state index in [-0.39, 0.29) is 12.2 Å². The molecule has 2 atom stereocenters. The summed E-state index contributed by atoms with van der Waals surface area (Å²) in [5.41, 5.74) is 14.6. The van der Waals surface area contributed by atoms with Crippen molar-refractivity contribution in [2.24, 2.45) is 0 Å². The minimum Gasteiger partial charge on any atom is -0.485 e. The molecule has 0 spiro atoms. The minimum atomic E-state index is -0.175. The highest BCUT2D eigenvalue weighted by Crippen LogP contribution is 2.61. The Morgan fingerprint density at radius 3 is 1.20 bits per heavy atom. The molecule has 0 bridgehead atoms. The molecule has 7 aromatic rings. The number of fused-ring (bicyclic) bond motifs is 11. The predicted octanol–water partition coefficient (Wildman–Crippen LogP) is 12.2. The lowest BCUT2D eigenvalue weighted by atomic mass is 9.72. The number of aryl methyl sites for hydroxylation is 2.